The van der Waals surface area contributed by atoms with Gasteiger partial charge in [-0.1, -0.05) is 25.3 Å². The van der Waals surface area contributed by atoms with Crippen LogP contribution in [0, 0.1) is 11.6 Å². The fraction of sp³-hybridized carbons (Fsp3) is 0.467. The first-order valence-electron chi connectivity index (χ1n) is 7.91. The Hall–Kier alpha value is -2.58. The van der Waals surface area contributed by atoms with Crippen LogP contribution in [-0.2, 0) is 6.54 Å². The van der Waals surface area contributed by atoms with Crippen LogP contribution in [0.2, 0.25) is 0 Å². The quantitative estimate of drug-likeness (QED) is 0.899. The molecule has 2 N–H and O–H groups in total. The van der Waals surface area contributed by atoms with Crippen molar-refractivity contribution in [2.24, 2.45) is 0 Å². The highest BCUT2D eigenvalue weighted by atomic mass is 19.1. The minimum Gasteiger partial charge on any atom is -0.331 e. The van der Waals surface area contributed by atoms with Crippen molar-refractivity contribution in [3.63, 3.8) is 0 Å². The maximum Gasteiger partial charge on any atom is 0.319 e. The molecule has 1 aromatic heterocycles. The summed E-state index contributed by atoms with van der Waals surface area (Å²) in [5.41, 5.74) is -0.484. The Morgan fingerprint density at radius 1 is 1.21 bits per heavy atom. The Morgan fingerprint density at radius 2 is 1.92 bits per heavy atom. The Morgan fingerprint density at radius 3 is 2.62 bits per heavy atom. The summed E-state index contributed by atoms with van der Waals surface area (Å²) in [6, 6.07) is 2.88. The third kappa shape index (κ3) is 3.66. The summed E-state index contributed by atoms with van der Waals surface area (Å²) in [7, 11) is 0. The van der Waals surface area contributed by atoms with Gasteiger partial charge in [0.2, 0.25) is 0 Å². The highest BCUT2D eigenvalue weighted by molar-refractivity contribution is 5.89. The molecule has 0 spiro atoms. The van der Waals surface area contributed by atoms with Crippen LogP contribution >= 0.6 is 0 Å². The first kappa shape index (κ1) is 16.3. The minimum absolute atomic E-state index is 0.0748. The van der Waals surface area contributed by atoms with Crippen molar-refractivity contribution >= 4 is 11.7 Å². The van der Waals surface area contributed by atoms with E-state index in [1.807, 2.05) is 0 Å². The van der Waals surface area contributed by atoms with Crippen molar-refractivity contribution in [2.75, 3.05) is 5.32 Å². The number of rotatable bonds is 4. The molecule has 0 radical (unpaired) electrons. The van der Waals surface area contributed by atoms with Crippen LogP contribution in [0.5, 0.6) is 0 Å². The zero-order valence-electron chi connectivity index (χ0n) is 13.0. The Balaban J connectivity index is 1.60. The number of urea groups is 1. The lowest BCUT2D eigenvalue weighted by atomic mass is 9.96. The van der Waals surface area contributed by atoms with Gasteiger partial charge in [-0.3, -0.25) is 0 Å². The van der Waals surface area contributed by atoms with Gasteiger partial charge in [-0.05, 0) is 35.4 Å². The molecular weight excluding hydrogens is 318 g/mol. The van der Waals surface area contributed by atoms with E-state index in [0.717, 1.165) is 37.8 Å². The van der Waals surface area contributed by atoms with Crippen LogP contribution in [0.15, 0.2) is 18.2 Å². The van der Waals surface area contributed by atoms with E-state index in [0.29, 0.717) is 5.82 Å². The zero-order valence-corrected chi connectivity index (χ0v) is 13.0. The molecule has 0 atom stereocenters. The van der Waals surface area contributed by atoms with E-state index in [-0.39, 0.29) is 12.6 Å². The maximum absolute atomic E-state index is 13.5. The number of carbonyl (C=O) groups is 1. The molecule has 2 aromatic rings. The maximum atomic E-state index is 13.5. The van der Waals surface area contributed by atoms with Crippen LogP contribution in [0.1, 0.15) is 44.0 Å². The van der Waals surface area contributed by atoms with Crippen LogP contribution in [-0.4, -0.2) is 26.2 Å². The third-order valence-corrected chi connectivity index (χ3v) is 4.09. The molecule has 2 amide bonds. The predicted octanol–water partition coefficient (Wildman–Crippen LogP) is 2.78. The van der Waals surface area contributed by atoms with Crippen LogP contribution in [0.4, 0.5) is 19.3 Å². The summed E-state index contributed by atoms with van der Waals surface area (Å²) in [4.78, 5) is 11.9. The molecule has 128 valence electrons. The van der Waals surface area contributed by atoms with E-state index in [2.05, 4.69) is 26.2 Å². The van der Waals surface area contributed by atoms with Gasteiger partial charge in [0.15, 0.2) is 5.82 Å². The number of anilines is 1. The Kier molecular flexibility index (Phi) is 4.97. The van der Waals surface area contributed by atoms with E-state index in [9.17, 15) is 13.6 Å². The molecule has 0 aliphatic heterocycles. The molecule has 1 aliphatic carbocycles. The van der Waals surface area contributed by atoms with Gasteiger partial charge in [-0.2, -0.15) is 0 Å². The molecule has 9 heteroatoms. The molecule has 0 unspecified atom stereocenters. The first-order chi connectivity index (χ1) is 11.6. The van der Waals surface area contributed by atoms with Crippen LogP contribution in [0.3, 0.4) is 0 Å². The lowest BCUT2D eigenvalue weighted by Gasteiger charge is -2.22. The van der Waals surface area contributed by atoms with Crippen molar-refractivity contribution in [1.29, 1.82) is 0 Å². The molecule has 1 aromatic carbocycles. The monoisotopic (exact) mass is 336 g/mol. The number of carbonyl (C=O) groups excluding carboxylic acids is 1. The van der Waals surface area contributed by atoms with Gasteiger partial charge in [0.1, 0.15) is 17.3 Å². The third-order valence-electron chi connectivity index (χ3n) is 4.09. The van der Waals surface area contributed by atoms with E-state index in [1.54, 1.807) is 4.68 Å². The predicted molar refractivity (Wildman–Crippen MR) is 82.2 cm³/mol. The number of halogens is 2. The number of para-hydroxylation sites is 1. The second-order valence-corrected chi connectivity index (χ2v) is 5.74. The van der Waals surface area contributed by atoms with Gasteiger partial charge in [-0.15, -0.1) is 5.10 Å². The molecule has 1 fully saturated rings. The summed E-state index contributed by atoms with van der Waals surface area (Å²) in [5.74, 6) is -1.15. The summed E-state index contributed by atoms with van der Waals surface area (Å²) >= 11 is 0. The lowest BCUT2D eigenvalue weighted by Crippen LogP contribution is -2.31. The molecule has 3 rings (SSSR count). The van der Waals surface area contributed by atoms with Gasteiger partial charge in [-0.25, -0.2) is 18.3 Å². The first-order valence-corrected chi connectivity index (χ1v) is 7.91. The molecule has 1 saturated carbocycles. The molecule has 0 bridgehead atoms. The molecular formula is C15H18F2N6O. The minimum atomic E-state index is -0.836. The second kappa shape index (κ2) is 7.33. The van der Waals surface area contributed by atoms with Crippen LogP contribution in [0.25, 0.3) is 0 Å². The average molecular weight is 336 g/mol. The van der Waals surface area contributed by atoms with E-state index in [4.69, 9.17) is 0 Å². The zero-order chi connectivity index (χ0) is 16.9. The molecule has 1 heterocycles. The number of tetrazole rings is 1. The number of aromatic nitrogens is 4. The summed E-state index contributed by atoms with van der Waals surface area (Å²) in [6.07, 6.45) is 5.48. The number of amides is 2. The second-order valence-electron chi connectivity index (χ2n) is 5.74. The number of benzene rings is 1. The largest absolute Gasteiger partial charge is 0.331 e. The van der Waals surface area contributed by atoms with Gasteiger partial charge in [0.05, 0.1) is 12.6 Å². The van der Waals surface area contributed by atoms with Gasteiger partial charge >= 0.3 is 6.03 Å². The number of hydrogen-bond donors (Lipinski definition) is 2. The summed E-state index contributed by atoms with van der Waals surface area (Å²) < 4.78 is 28.8. The summed E-state index contributed by atoms with van der Waals surface area (Å²) in [6.45, 7) is 0.0748. The van der Waals surface area contributed by atoms with Crippen molar-refractivity contribution in [1.82, 2.24) is 25.5 Å². The van der Waals surface area contributed by atoms with Crippen LogP contribution < -0.4 is 10.6 Å². The lowest BCUT2D eigenvalue weighted by molar-refractivity contribution is 0.250. The average Bonchev–Trinajstić information content (AvgIpc) is 3.06. The highest BCUT2D eigenvalue weighted by Gasteiger charge is 2.20. The fourth-order valence-electron chi connectivity index (χ4n) is 2.87. The number of nitrogens with one attached hydrogen (secondary N) is 2. The standard InChI is InChI=1S/C15H18F2N6O/c16-11-7-4-8-12(17)14(11)19-15(24)18-9-13-20-21-22-23(13)10-5-2-1-3-6-10/h4,7-8,10H,1-3,5-6,9H2,(H2,18,19,24). The van der Waals surface area contributed by atoms with Gasteiger partial charge < -0.3 is 10.6 Å². The molecule has 0 saturated heterocycles. The van der Waals surface area contributed by atoms with E-state index in [1.165, 1.54) is 12.5 Å². The Labute approximate surface area is 137 Å². The van der Waals surface area contributed by atoms with Crippen molar-refractivity contribution in [3.05, 3.63) is 35.7 Å². The highest BCUT2D eigenvalue weighted by Crippen LogP contribution is 2.27. The van der Waals surface area contributed by atoms with Crippen molar-refractivity contribution in [3.8, 4) is 0 Å². The molecule has 1 aliphatic rings. The van der Waals surface area contributed by atoms with E-state index < -0.39 is 23.4 Å². The number of nitrogens with zero attached hydrogens (tertiary/aromatic N) is 4. The fourth-order valence-corrected chi connectivity index (χ4v) is 2.87. The topological polar surface area (TPSA) is 84.7 Å². The summed E-state index contributed by atoms with van der Waals surface area (Å²) in [5, 5.41) is 16.3. The Bertz CT molecular complexity index is 693. The normalized spacial score (nSPS) is 15.2. The van der Waals surface area contributed by atoms with Crippen molar-refractivity contribution < 1.29 is 13.6 Å². The van der Waals surface area contributed by atoms with E-state index >= 15 is 0 Å². The number of hydrogen-bond acceptors (Lipinski definition) is 4. The van der Waals surface area contributed by atoms with Gasteiger partial charge in [0, 0.05) is 0 Å². The SMILES string of the molecule is O=C(NCc1nnnn1C1CCCCC1)Nc1c(F)cccc1F. The molecule has 7 nitrogen and oxygen atoms in total. The molecule has 24 heavy (non-hydrogen) atoms. The van der Waals surface area contributed by atoms with Crippen molar-refractivity contribution in [2.45, 2.75) is 44.7 Å². The smallest absolute Gasteiger partial charge is 0.319 e. The van der Waals surface area contributed by atoms with Gasteiger partial charge in [0.25, 0.3) is 0 Å².